The zero-order valence-electron chi connectivity index (χ0n) is 13.5. The van der Waals surface area contributed by atoms with E-state index in [9.17, 15) is 4.79 Å². The molecule has 2 aromatic heterocycles. The predicted octanol–water partition coefficient (Wildman–Crippen LogP) is 3.50. The zero-order valence-corrected chi connectivity index (χ0v) is 15.9. The van der Waals surface area contributed by atoms with Crippen LogP contribution in [-0.4, -0.2) is 36.1 Å². The first kappa shape index (κ1) is 17.8. The number of hydrogen-bond donors (Lipinski definition) is 1. The molecule has 130 valence electrons. The Balaban J connectivity index is 1.70. The van der Waals surface area contributed by atoms with E-state index in [1.165, 1.54) is 23.1 Å². The van der Waals surface area contributed by atoms with Crippen molar-refractivity contribution in [3.63, 3.8) is 0 Å². The minimum Gasteiger partial charge on any atom is -0.312 e. The second-order valence-electron chi connectivity index (χ2n) is 5.12. The minimum absolute atomic E-state index is 0.141. The van der Waals surface area contributed by atoms with E-state index in [2.05, 4.69) is 25.7 Å². The van der Waals surface area contributed by atoms with Crippen molar-refractivity contribution in [3.8, 4) is 10.6 Å². The van der Waals surface area contributed by atoms with Gasteiger partial charge in [0.2, 0.25) is 11.0 Å². The largest absolute Gasteiger partial charge is 0.312 e. The second-order valence-corrected chi connectivity index (χ2v) is 7.68. The third-order valence-electron chi connectivity index (χ3n) is 3.34. The fourth-order valence-corrected chi connectivity index (χ4v) is 3.99. The van der Waals surface area contributed by atoms with E-state index in [0.29, 0.717) is 26.7 Å². The maximum Gasteiger partial charge on any atom is 0.239 e. The van der Waals surface area contributed by atoms with Gasteiger partial charge >= 0.3 is 0 Å². The van der Waals surface area contributed by atoms with Gasteiger partial charge in [0.05, 0.1) is 10.3 Å². The molecule has 0 aliphatic rings. The lowest BCUT2D eigenvalue weighted by atomic mass is 10.2. The van der Waals surface area contributed by atoms with Crippen molar-refractivity contribution < 1.29 is 4.79 Å². The number of thioether (sulfide) groups is 1. The van der Waals surface area contributed by atoms with Crippen molar-refractivity contribution in [1.82, 2.24) is 25.0 Å². The molecule has 0 fully saturated rings. The normalized spacial score (nSPS) is 12.1. The molecule has 0 saturated heterocycles. The van der Waals surface area contributed by atoms with Crippen molar-refractivity contribution in [1.29, 1.82) is 0 Å². The number of hydrogen-bond acceptors (Lipinski definition) is 7. The molecule has 25 heavy (non-hydrogen) atoms. The van der Waals surface area contributed by atoms with Gasteiger partial charge in [0.15, 0.2) is 10.2 Å². The number of carbonyl (C=O) groups is 1. The minimum atomic E-state index is -0.296. The van der Waals surface area contributed by atoms with Gasteiger partial charge in [0.25, 0.3) is 0 Å². The molecule has 0 unspecified atom stereocenters. The lowest BCUT2D eigenvalue weighted by molar-refractivity contribution is -0.115. The number of anilines is 1. The van der Waals surface area contributed by atoms with Gasteiger partial charge in [-0.1, -0.05) is 59.8 Å². The van der Waals surface area contributed by atoms with Crippen LogP contribution in [0.2, 0.25) is 5.02 Å². The molecule has 7 nitrogen and oxygen atoms in total. The van der Waals surface area contributed by atoms with Crippen LogP contribution >= 0.6 is 34.7 Å². The van der Waals surface area contributed by atoms with Crippen LogP contribution in [0.5, 0.6) is 0 Å². The van der Waals surface area contributed by atoms with Gasteiger partial charge in [-0.3, -0.25) is 10.1 Å². The summed E-state index contributed by atoms with van der Waals surface area (Å²) in [5, 5.41) is 20.9. The highest BCUT2D eigenvalue weighted by Crippen LogP contribution is 2.32. The van der Waals surface area contributed by atoms with Crippen LogP contribution in [0.1, 0.15) is 13.3 Å². The van der Waals surface area contributed by atoms with E-state index in [-0.39, 0.29) is 11.2 Å². The summed E-state index contributed by atoms with van der Waals surface area (Å²) >= 11 is 8.83. The van der Waals surface area contributed by atoms with E-state index < -0.39 is 0 Å². The Morgan fingerprint density at radius 3 is 2.84 bits per heavy atom. The van der Waals surface area contributed by atoms with Crippen molar-refractivity contribution in [2.45, 2.75) is 23.8 Å². The summed E-state index contributed by atoms with van der Waals surface area (Å²) in [6.07, 6.45) is 2.26. The Bertz CT molecular complexity index is 880. The van der Waals surface area contributed by atoms with Crippen molar-refractivity contribution >= 4 is 45.7 Å². The van der Waals surface area contributed by atoms with Crippen LogP contribution in [0, 0.1) is 0 Å². The number of aryl methyl sites for hydroxylation is 1. The van der Waals surface area contributed by atoms with E-state index in [1.54, 1.807) is 17.0 Å². The molecular weight excluding hydrogens is 380 g/mol. The molecule has 3 aromatic rings. The van der Waals surface area contributed by atoms with Crippen LogP contribution in [0.3, 0.4) is 0 Å². The predicted molar refractivity (Wildman–Crippen MR) is 99.9 cm³/mol. The van der Waals surface area contributed by atoms with Crippen LogP contribution in [-0.2, 0) is 11.8 Å². The Morgan fingerprint density at radius 2 is 2.16 bits per heavy atom. The molecule has 1 aromatic carbocycles. The molecule has 0 saturated carbocycles. The number of aromatic nitrogens is 5. The Kier molecular flexibility index (Phi) is 5.67. The van der Waals surface area contributed by atoms with E-state index >= 15 is 0 Å². The highest BCUT2D eigenvalue weighted by Gasteiger charge is 2.22. The summed E-state index contributed by atoms with van der Waals surface area (Å²) < 4.78 is 1.78. The standard InChI is InChI=1S/C15H15ClN6OS2/c1-3-11(24-15-21-17-8-22(15)2)12(23)18-14-20-19-13(25-14)9-6-4-5-7-10(9)16/h4-8,11H,3H2,1-2H3,(H,18,20,23)/t11-/m0/s1. The highest BCUT2D eigenvalue weighted by molar-refractivity contribution is 8.00. The summed E-state index contributed by atoms with van der Waals surface area (Å²) in [6, 6.07) is 7.39. The molecule has 0 radical (unpaired) electrons. The van der Waals surface area contributed by atoms with Crippen molar-refractivity contribution in [2.24, 2.45) is 7.05 Å². The van der Waals surface area contributed by atoms with Gasteiger partial charge in [-0.25, -0.2) is 0 Å². The van der Waals surface area contributed by atoms with Crippen LogP contribution in [0.25, 0.3) is 10.6 Å². The van der Waals surface area contributed by atoms with Crippen molar-refractivity contribution in [3.05, 3.63) is 35.6 Å². The molecule has 0 aliphatic carbocycles. The first-order valence-corrected chi connectivity index (χ1v) is 9.55. The number of rotatable bonds is 6. The summed E-state index contributed by atoms with van der Waals surface area (Å²) in [6.45, 7) is 1.95. The maximum atomic E-state index is 12.5. The quantitative estimate of drug-likeness (QED) is 0.644. The van der Waals surface area contributed by atoms with E-state index in [4.69, 9.17) is 11.6 Å². The van der Waals surface area contributed by atoms with Gasteiger partial charge in [-0.2, -0.15) is 0 Å². The second kappa shape index (κ2) is 7.94. The number of carbonyl (C=O) groups excluding carboxylic acids is 1. The lowest BCUT2D eigenvalue weighted by Crippen LogP contribution is -2.24. The van der Waals surface area contributed by atoms with Gasteiger partial charge < -0.3 is 4.57 Å². The summed E-state index contributed by atoms with van der Waals surface area (Å²) in [5.41, 5.74) is 0.794. The first-order chi connectivity index (χ1) is 12.1. The maximum absolute atomic E-state index is 12.5. The molecule has 0 bridgehead atoms. The molecule has 0 aliphatic heterocycles. The van der Waals surface area contributed by atoms with Gasteiger partial charge in [-0.15, -0.1) is 20.4 Å². The van der Waals surface area contributed by atoms with Gasteiger partial charge in [0.1, 0.15) is 6.33 Å². The molecule has 1 amide bonds. The van der Waals surface area contributed by atoms with Gasteiger partial charge in [0, 0.05) is 12.6 Å². The molecular formula is C15H15ClN6OS2. The SMILES string of the molecule is CC[C@H](Sc1nncn1C)C(=O)Nc1nnc(-c2ccccc2Cl)s1. The average molecular weight is 395 g/mol. The van der Waals surface area contributed by atoms with Crippen LogP contribution in [0.4, 0.5) is 5.13 Å². The van der Waals surface area contributed by atoms with E-state index in [0.717, 1.165) is 5.56 Å². The topological polar surface area (TPSA) is 85.6 Å². The zero-order chi connectivity index (χ0) is 17.8. The fraction of sp³-hybridized carbons (Fsp3) is 0.267. The van der Waals surface area contributed by atoms with Gasteiger partial charge in [-0.05, 0) is 12.5 Å². The van der Waals surface area contributed by atoms with Crippen LogP contribution in [0.15, 0.2) is 35.7 Å². The number of benzene rings is 1. The molecule has 0 spiro atoms. The molecule has 1 atom stereocenters. The Hall–Kier alpha value is -1.97. The summed E-state index contributed by atoms with van der Waals surface area (Å²) in [4.78, 5) is 12.5. The lowest BCUT2D eigenvalue weighted by Gasteiger charge is -2.12. The number of nitrogens with zero attached hydrogens (tertiary/aromatic N) is 5. The average Bonchev–Trinajstić information content (AvgIpc) is 3.22. The summed E-state index contributed by atoms with van der Waals surface area (Å²) in [5.74, 6) is -0.141. The Labute approximate surface area is 157 Å². The number of amides is 1. The molecule has 3 rings (SSSR count). The van der Waals surface area contributed by atoms with Crippen molar-refractivity contribution in [2.75, 3.05) is 5.32 Å². The fourth-order valence-electron chi connectivity index (χ4n) is 2.03. The monoisotopic (exact) mass is 394 g/mol. The third kappa shape index (κ3) is 4.17. The Morgan fingerprint density at radius 1 is 1.36 bits per heavy atom. The highest BCUT2D eigenvalue weighted by atomic mass is 35.5. The van der Waals surface area contributed by atoms with Crippen LogP contribution < -0.4 is 5.32 Å². The molecule has 1 N–H and O–H groups in total. The molecule has 2 heterocycles. The number of nitrogens with one attached hydrogen (secondary N) is 1. The number of halogens is 1. The molecule has 10 heteroatoms. The third-order valence-corrected chi connectivity index (χ3v) is 5.95. The van der Waals surface area contributed by atoms with E-state index in [1.807, 2.05) is 32.2 Å². The smallest absolute Gasteiger partial charge is 0.239 e. The summed E-state index contributed by atoms with van der Waals surface area (Å²) in [7, 11) is 1.84. The first-order valence-electron chi connectivity index (χ1n) is 7.48.